The van der Waals surface area contributed by atoms with Crippen molar-refractivity contribution in [2.75, 3.05) is 0 Å². The standard InChI is InChI=1S/Al.Ca.Fe.Mg.Na.H2O3Si.Ti.8H/c;;;;;1-4(2)3;;;;;;;;;/h;;;;;1-2H;;;;;;;;;. The Morgan fingerprint density at radius 3 is 1.20 bits per heavy atom. The van der Waals surface area contributed by atoms with Crippen molar-refractivity contribution in [3.05, 3.63) is 0 Å². The number of rotatable bonds is 0. The fourth-order valence-electron chi connectivity index (χ4n) is 0. The van der Waals surface area contributed by atoms with E-state index >= 15 is 0 Å². The van der Waals surface area contributed by atoms with E-state index in [0.717, 1.165) is 0 Å². The number of hydrogen-bond acceptors (Lipinski definition) is 1. The normalized spacial score (nSPS) is 2.40. The Morgan fingerprint density at radius 2 is 1.20 bits per heavy atom. The maximum atomic E-state index is 8.74. The molecule has 0 radical (unpaired) electrons. The monoisotopic (exact) mass is 304 g/mol. The smallest absolute Gasteiger partial charge is 0 e. The molecule has 0 amide bonds. The third kappa shape index (κ3) is 83.1. The first-order valence-electron chi connectivity index (χ1n) is 0.651. The molecule has 0 aromatic heterocycles. The zero-order valence-corrected chi connectivity index (χ0v) is 6.32. The summed E-state index contributed by atoms with van der Waals surface area (Å²) in [6, 6.07) is 0. The molecule has 0 heterocycles. The maximum absolute atomic E-state index is 8.74. The van der Waals surface area contributed by atoms with Gasteiger partial charge in [0.1, 0.15) is 0 Å². The van der Waals surface area contributed by atoms with Crippen LogP contribution in [0.15, 0.2) is 0 Å². The molecule has 0 saturated heterocycles. The zero-order valence-electron chi connectivity index (χ0n) is 2.66. The molecule has 0 aromatic carbocycles. The minimum atomic E-state index is -3.13. The molecule has 52 valence electrons. The van der Waals surface area contributed by atoms with Gasteiger partial charge in [-0.15, -0.1) is 0 Å². The van der Waals surface area contributed by atoms with Gasteiger partial charge in [-0.25, -0.2) is 0 Å². The Morgan fingerprint density at radius 1 is 1.20 bits per heavy atom. The van der Waals surface area contributed by atoms with Crippen LogP contribution in [-0.4, -0.2) is 126 Å². The summed E-state index contributed by atoms with van der Waals surface area (Å²) in [5.74, 6) is 0. The van der Waals surface area contributed by atoms with Crippen LogP contribution in [0.2, 0.25) is 0 Å². The average molecular weight is 304 g/mol. The summed E-state index contributed by atoms with van der Waals surface area (Å²) in [5.41, 5.74) is 0. The first kappa shape index (κ1) is 47.2. The van der Waals surface area contributed by atoms with Crippen LogP contribution < -0.4 is 0 Å². The molecule has 10 heavy (non-hydrogen) atoms. The van der Waals surface area contributed by atoms with Gasteiger partial charge in [0.25, 0.3) is 0 Å². The average Bonchev–Trinajstić information content (AvgIpc) is 0.811. The van der Waals surface area contributed by atoms with Crippen LogP contribution in [0.25, 0.3) is 0 Å². The van der Waals surface area contributed by atoms with Crippen LogP contribution in [-0.2, 0) is 43.2 Å². The minimum absolute atomic E-state index is 0. The van der Waals surface area contributed by atoms with Crippen molar-refractivity contribution < 1.29 is 52.8 Å². The summed E-state index contributed by atoms with van der Waals surface area (Å²) >= 11 is 0. The molecule has 0 aliphatic rings. The van der Waals surface area contributed by atoms with Crippen molar-refractivity contribution in [2.45, 2.75) is 0 Å². The summed E-state index contributed by atoms with van der Waals surface area (Å²) in [7, 11) is -3.13. The van der Waals surface area contributed by atoms with Gasteiger partial charge >= 0.3 is 99.5 Å². The van der Waals surface area contributed by atoms with E-state index in [1.807, 2.05) is 0 Å². The van der Waals surface area contributed by atoms with E-state index in [1.165, 1.54) is 0 Å². The summed E-state index contributed by atoms with van der Waals surface area (Å²) in [5, 5.41) is 0. The molecule has 2 N–H and O–H groups in total. The molecular formula is H10AlCaFeMgNaO3SiTi. The van der Waals surface area contributed by atoms with Gasteiger partial charge in [-0.2, -0.15) is 0 Å². The Bertz CT molecular complexity index is 51.5. The van der Waals surface area contributed by atoms with E-state index in [9.17, 15) is 0 Å². The Labute approximate surface area is 166 Å². The molecule has 0 fully saturated rings. The van der Waals surface area contributed by atoms with Gasteiger partial charge in [0.05, 0.1) is 0 Å². The molecule has 0 aliphatic carbocycles. The van der Waals surface area contributed by atoms with Gasteiger partial charge in [-0.05, 0) is 0 Å². The summed E-state index contributed by atoms with van der Waals surface area (Å²) in [6.07, 6.45) is 0. The van der Waals surface area contributed by atoms with Crippen molar-refractivity contribution in [3.8, 4) is 0 Å². The zero-order chi connectivity index (χ0) is 3.58. The quantitative estimate of drug-likeness (QED) is 0.440. The van der Waals surface area contributed by atoms with Crippen molar-refractivity contribution in [1.29, 1.82) is 0 Å². The van der Waals surface area contributed by atoms with E-state index in [0.29, 0.717) is 0 Å². The third-order valence-electron chi connectivity index (χ3n) is 0. The van der Waals surface area contributed by atoms with Crippen LogP contribution in [0.1, 0.15) is 0 Å². The Hall–Kier alpha value is 4.41. The van der Waals surface area contributed by atoms with Crippen molar-refractivity contribution in [3.63, 3.8) is 0 Å². The predicted molar refractivity (Wildman–Crippen MR) is 45.1 cm³/mol. The van der Waals surface area contributed by atoms with Crippen LogP contribution in [0.5, 0.6) is 0 Å². The summed E-state index contributed by atoms with van der Waals surface area (Å²) in [6.45, 7) is 0. The van der Waals surface area contributed by atoms with Crippen LogP contribution in [0.4, 0.5) is 0 Å². The van der Waals surface area contributed by atoms with Crippen LogP contribution in [0, 0.1) is 0 Å². The molecule has 10 heteroatoms. The Kier molecular flexibility index (Phi) is 178. The SMILES string of the molecule is O=[Si](O)O.[AlH3].[CaH2].[Fe].[MgH2].[NaH].[Ti]. The van der Waals surface area contributed by atoms with E-state index < -0.39 is 9.17 Å². The second-order valence-corrected chi connectivity index (χ2v) is 0.848. The topological polar surface area (TPSA) is 57.5 Å². The van der Waals surface area contributed by atoms with E-state index in [-0.39, 0.29) is 146 Å². The third-order valence-corrected chi connectivity index (χ3v) is 0. The molecule has 0 bridgehead atoms. The van der Waals surface area contributed by atoms with E-state index in [4.69, 9.17) is 14.1 Å². The molecule has 0 saturated carbocycles. The molecule has 0 aromatic rings. The summed E-state index contributed by atoms with van der Waals surface area (Å²) < 4.78 is 8.74. The molecule has 0 aliphatic heterocycles. The van der Waals surface area contributed by atoms with Gasteiger partial charge < -0.3 is 9.59 Å². The Balaban J connectivity index is -0.00000000300. The van der Waals surface area contributed by atoms with Gasteiger partial charge in [-0.3, -0.25) is 4.46 Å². The maximum Gasteiger partial charge on any atom is 0 e. The molecule has 3 nitrogen and oxygen atoms in total. The van der Waals surface area contributed by atoms with Crippen LogP contribution in [0.3, 0.4) is 0 Å². The molecule has 0 atom stereocenters. The fourth-order valence-corrected chi connectivity index (χ4v) is 0. The summed E-state index contributed by atoms with van der Waals surface area (Å²) in [4.78, 5) is 14.3. The van der Waals surface area contributed by atoms with Gasteiger partial charge in [0.2, 0.25) is 0 Å². The molecule has 0 unspecified atom stereocenters. The van der Waals surface area contributed by atoms with Crippen molar-refractivity contribution in [2.24, 2.45) is 0 Å². The predicted octanol–water partition coefficient (Wildman–Crippen LogP) is -5.28. The molecule has 0 rings (SSSR count). The van der Waals surface area contributed by atoms with Crippen molar-refractivity contribution >= 4 is 117 Å². The van der Waals surface area contributed by atoms with E-state index in [2.05, 4.69) is 0 Å². The number of hydrogen-bond donors (Lipinski definition) is 2. The minimum Gasteiger partial charge on any atom is 0 e. The van der Waals surface area contributed by atoms with Gasteiger partial charge in [-0.1, -0.05) is 0 Å². The van der Waals surface area contributed by atoms with Crippen LogP contribution >= 0.6 is 0 Å². The first-order valence-corrected chi connectivity index (χ1v) is 1.95. The first-order chi connectivity index (χ1) is 1.73. The second kappa shape index (κ2) is 37.6. The van der Waals surface area contributed by atoms with Gasteiger partial charge in [0, 0.05) is 38.8 Å². The van der Waals surface area contributed by atoms with Crippen molar-refractivity contribution in [1.82, 2.24) is 0 Å². The molecule has 0 spiro atoms. The fraction of sp³-hybridized carbons (Fsp3) is 0. The van der Waals surface area contributed by atoms with Gasteiger partial charge in [0.15, 0.2) is 17.4 Å². The molecular weight excluding hydrogens is 294 g/mol. The largest absolute Gasteiger partial charge is 0 e. The second-order valence-electron chi connectivity index (χ2n) is 0.283. The van der Waals surface area contributed by atoms with E-state index in [1.54, 1.807) is 0 Å².